The van der Waals surface area contributed by atoms with E-state index in [-0.39, 0.29) is 40.9 Å². The lowest BCUT2D eigenvalue weighted by Gasteiger charge is -2.60. The molecule has 1 aromatic carbocycles. The zero-order chi connectivity index (χ0) is 24.0. The third kappa shape index (κ3) is 4.03. The van der Waals surface area contributed by atoms with Gasteiger partial charge < -0.3 is 15.3 Å². The molecule has 2 unspecified atom stereocenters. The zero-order valence-corrected chi connectivity index (χ0v) is 19.2. The molecule has 7 atom stereocenters. The predicted octanol–water partition coefficient (Wildman–Crippen LogP) is 6.39. The van der Waals surface area contributed by atoms with E-state index >= 15 is 0 Å². The molecule has 0 aliphatic heterocycles. The van der Waals surface area contributed by atoms with Gasteiger partial charge in [0.1, 0.15) is 11.9 Å². The number of rotatable bonds is 7. The molecule has 3 nitrogen and oxygen atoms in total. The first-order chi connectivity index (χ1) is 15.6. The Kier molecular flexibility index (Phi) is 6.71. The fraction of sp³-hybridized carbons (Fsp3) is 0.630. The van der Waals surface area contributed by atoms with Gasteiger partial charge in [-0.25, -0.2) is 4.39 Å². The van der Waals surface area contributed by atoms with Crippen molar-refractivity contribution in [3.8, 4) is 5.75 Å². The molecule has 3 aliphatic carbocycles. The van der Waals surface area contributed by atoms with Crippen LogP contribution in [0.2, 0.25) is 0 Å². The van der Waals surface area contributed by atoms with E-state index in [1.807, 2.05) is 12.1 Å². The Hall–Kier alpha value is -1.79. The van der Waals surface area contributed by atoms with Crippen molar-refractivity contribution in [2.45, 2.75) is 82.8 Å². The van der Waals surface area contributed by atoms with Crippen LogP contribution in [0.25, 0.3) is 0 Å². The minimum absolute atomic E-state index is 0.0415. The van der Waals surface area contributed by atoms with Gasteiger partial charge in [0, 0.05) is 0 Å². The molecule has 2 saturated carbocycles. The fourth-order valence-electron chi connectivity index (χ4n) is 7.69. The molecule has 0 radical (unpaired) electrons. The maximum absolute atomic E-state index is 13.3. The fourth-order valence-corrected chi connectivity index (χ4v) is 7.69. The van der Waals surface area contributed by atoms with Gasteiger partial charge in [-0.2, -0.15) is 8.78 Å². The average molecular weight is 465 g/mol. The van der Waals surface area contributed by atoms with Gasteiger partial charge in [-0.05, 0) is 96.8 Å². The molecule has 1 aromatic rings. The largest absolute Gasteiger partial charge is 0.508 e. The number of phenols is 1. The number of aliphatic hydroxyl groups is 2. The quantitative estimate of drug-likeness (QED) is 0.324. The van der Waals surface area contributed by atoms with Gasteiger partial charge in [-0.3, -0.25) is 0 Å². The van der Waals surface area contributed by atoms with Gasteiger partial charge in [0.15, 0.2) is 5.83 Å². The summed E-state index contributed by atoms with van der Waals surface area (Å²) in [5.41, 5.74) is 2.03. The molecule has 0 bridgehead atoms. The van der Waals surface area contributed by atoms with Crippen molar-refractivity contribution < 1.29 is 28.5 Å². The molecule has 0 spiro atoms. The smallest absolute Gasteiger partial charge is 0.304 e. The van der Waals surface area contributed by atoms with Crippen LogP contribution >= 0.6 is 0 Å². The van der Waals surface area contributed by atoms with Crippen molar-refractivity contribution in [3.05, 3.63) is 53.9 Å². The Morgan fingerprint density at radius 1 is 1.24 bits per heavy atom. The summed E-state index contributed by atoms with van der Waals surface area (Å²) in [5, 5.41) is 30.7. The first-order valence-electron chi connectivity index (χ1n) is 12.2. The average Bonchev–Trinajstić information content (AvgIpc) is 3.09. The highest BCUT2D eigenvalue weighted by Crippen LogP contribution is 2.69. The van der Waals surface area contributed by atoms with Gasteiger partial charge in [0.2, 0.25) is 0 Å². The van der Waals surface area contributed by atoms with Gasteiger partial charge in [0.05, 0.1) is 6.10 Å². The molecular weight excluding hydrogens is 429 g/mol. The highest BCUT2D eigenvalue weighted by molar-refractivity contribution is 5.43. The van der Waals surface area contributed by atoms with Crippen LogP contribution in [0.5, 0.6) is 5.75 Å². The Balaban J connectivity index is 1.61. The summed E-state index contributed by atoms with van der Waals surface area (Å²) in [6.45, 7) is 6.47. The summed E-state index contributed by atoms with van der Waals surface area (Å²) in [6, 6.07) is 5.62. The number of aryl methyl sites for hydroxylation is 1. The summed E-state index contributed by atoms with van der Waals surface area (Å²) < 4.78 is 38.1. The van der Waals surface area contributed by atoms with E-state index in [2.05, 4.69) is 19.6 Å². The first-order valence-corrected chi connectivity index (χ1v) is 12.2. The maximum Gasteiger partial charge on any atom is 0.304 e. The van der Waals surface area contributed by atoms with Crippen molar-refractivity contribution in [2.24, 2.45) is 22.7 Å². The molecule has 2 fully saturated rings. The van der Waals surface area contributed by atoms with E-state index in [9.17, 15) is 28.5 Å². The first kappa shape index (κ1) is 24.3. The summed E-state index contributed by atoms with van der Waals surface area (Å²) in [4.78, 5) is 0. The van der Waals surface area contributed by atoms with Gasteiger partial charge >= 0.3 is 6.08 Å². The molecule has 0 saturated heterocycles. The van der Waals surface area contributed by atoms with Crippen molar-refractivity contribution >= 4 is 0 Å². The van der Waals surface area contributed by atoms with Crippen LogP contribution in [0.4, 0.5) is 13.2 Å². The van der Waals surface area contributed by atoms with Crippen LogP contribution in [0.15, 0.2) is 42.8 Å². The van der Waals surface area contributed by atoms with E-state index in [4.69, 9.17) is 0 Å². The van der Waals surface area contributed by atoms with Crippen LogP contribution in [-0.4, -0.2) is 27.5 Å². The summed E-state index contributed by atoms with van der Waals surface area (Å²) in [5.74, 6) is -0.709. The molecule has 6 heteroatoms. The molecule has 33 heavy (non-hydrogen) atoms. The number of hydrogen-bond acceptors (Lipinski definition) is 3. The van der Waals surface area contributed by atoms with Crippen LogP contribution in [0.1, 0.15) is 75.3 Å². The molecule has 0 heterocycles. The van der Waals surface area contributed by atoms with E-state index in [0.717, 1.165) is 44.1 Å². The SMILES string of the molecule is C=CC12CCc3cc(O)ccc3[C@H]1[C@@H](CCCCC(O)C(F)=C(F)F)C[C@]1(C)[C@@H](O)CC[C@@H]21. The van der Waals surface area contributed by atoms with Gasteiger partial charge in [0.25, 0.3) is 0 Å². The predicted molar refractivity (Wildman–Crippen MR) is 122 cm³/mol. The molecule has 4 rings (SSSR count). The Bertz CT molecular complexity index is 927. The minimum Gasteiger partial charge on any atom is -0.508 e. The highest BCUT2D eigenvalue weighted by Gasteiger charge is 2.63. The summed E-state index contributed by atoms with van der Waals surface area (Å²) >= 11 is 0. The number of phenolic OH excluding ortho intramolecular Hbond substituents is 1. The molecule has 3 N–H and O–H groups in total. The molecule has 3 aliphatic rings. The lowest BCUT2D eigenvalue weighted by molar-refractivity contribution is -0.0813. The standard InChI is InChI=1S/C27H35F3O3/c1-3-27-13-12-16-14-18(31)8-9-19(16)23(27)17(15-26(2)21(27)10-11-22(26)33)6-4-5-7-20(32)24(28)25(29)30/h3,8-9,14,17,20-23,31-33H,1,4-7,10-13,15H2,2H3/t17-,20?,21+,22-,23+,26-,27?/m0/s1. The number of aliphatic hydroxyl groups excluding tert-OH is 2. The number of allylic oxidation sites excluding steroid dienone is 1. The monoisotopic (exact) mass is 464 g/mol. The topological polar surface area (TPSA) is 60.7 Å². The molecule has 0 aromatic heterocycles. The Morgan fingerprint density at radius 2 is 2.00 bits per heavy atom. The number of hydrogen-bond donors (Lipinski definition) is 3. The number of halogens is 3. The van der Waals surface area contributed by atoms with E-state index < -0.39 is 18.0 Å². The van der Waals surface area contributed by atoms with Crippen LogP contribution in [0, 0.1) is 22.7 Å². The second-order valence-electron chi connectivity index (χ2n) is 10.7. The Labute approximate surface area is 194 Å². The lowest BCUT2D eigenvalue weighted by atomic mass is 9.44. The van der Waals surface area contributed by atoms with Crippen LogP contribution in [0.3, 0.4) is 0 Å². The van der Waals surface area contributed by atoms with Crippen molar-refractivity contribution in [3.63, 3.8) is 0 Å². The van der Waals surface area contributed by atoms with E-state index in [0.29, 0.717) is 18.8 Å². The normalized spacial score (nSPS) is 35.8. The second-order valence-corrected chi connectivity index (χ2v) is 10.7. The second kappa shape index (κ2) is 9.10. The van der Waals surface area contributed by atoms with Crippen molar-refractivity contribution in [1.29, 1.82) is 0 Å². The maximum atomic E-state index is 13.3. The minimum atomic E-state index is -2.46. The van der Waals surface area contributed by atoms with Crippen molar-refractivity contribution in [2.75, 3.05) is 0 Å². The third-order valence-corrected chi connectivity index (χ3v) is 9.13. The van der Waals surface area contributed by atoms with Gasteiger partial charge in [-0.15, -0.1) is 6.58 Å². The van der Waals surface area contributed by atoms with E-state index in [1.165, 1.54) is 5.56 Å². The number of unbranched alkanes of at least 4 members (excludes halogenated alkanes) is 1. The zero-order valence-electron chi connectivity index (χ0n) is 19.2. The van der Waals surface area contributed by atoms with E-state index in [1.54, 1.807) is 6.07 Å². The van der Waals surface area contributed by atoms with Crippen LogP contribution in [-0.2, 0) is 6.42 Å². The van der Waals surface area contributed by atoms with Gasteiger partial charge in [-0.1, -0.05) is 31.9 Å². The lowest BCUT2D eigenvalue weighted by Crippen LogP contribution is -2.54. The number of aromatic hydroxyl groups is 1. The molecule has 0 amide bonds. The summed E-state index contributed by atoms with van der Waals surface area (Å²) in [7, 11) is 0. The highest BCUT2D eigenvalue weighted by atomic mass is 19.3. The molecular formula is C27H35F3O3. The molecule has 182 valence electrons. The van der Waals surface area contributed by atoms with Crippen LogP contribution < -0.4 is 0 Å². The number of fused-ring (bicyclic) bond motifs is 5. The number of benzene rings is 1. The Morgan fingerprint density at radius 3 is 2.70 bits per heavy atom. The van der Waals surface area contributed by atoms with Crippen molar-refractivity contribution in [1.82, 2.24) is 0 Å². The summed E-state index contributed by atoms with van der Waals surface area (Å²) in [6.07, 6.45) is 3.80. The third-order valence-electron chi connectivity index (χ3n) is 9.13.